The predicted octanol–water partition coefficient (Wildman–Crippen LogP) is 4.20. The van der Waals surface area contributed by atoms with Crippen molar-refractivity contribution in [3.8, 4) is 11.5 Å². The molecule has 7 nitrogen and oxygen atoms in total. The average Bonchev–Trinajstić information content (AvgIpc) is 2.80. The van der Waals surface area contributed by atoms with Crippen LogP contribution < -0.4 is 15.4 Å². The third-order valence-corrected chi connectivity index (χ3v) is 5.23. The number of methoxy groups -OCH3 is 1. The fourth-order valence-electron chi connectivity index (χ4n) is 3.48. The summed E-state index contributed by atoms with van der Waals surface area (Å²) >= 11 is 0. The largest absolute Gasteiger partial charge is 0.468 e. The Bertz CT molecular complexity index is 1040. The van der Waals surface area contributed by atoms with Gasteiger partial charge in [-0.15, -0.1) is 0 Å². The maximum absolute atomic E-state index is 12.5. The van der Waals surface area contributed by atoms with Gasteiger partial charge in [-0.25, -0.2) is 9.59 Å². The highest BCUT2D eigenvalue weighted by molar-refractivity contribution is 5.90. The SMILES string of the molecule is COC(=O)C(NC1CN(C(=O)Nc2ccc(Oc3ccccc3)cc2)C1)c1ccccc1. The Kier molecular flexibility index (Phi) is 6.67. The van der Waals surface area contributed by atoms with Crippen LogP contribution in [0.4, 0.5) is 10.5 Å². The molecule has 1 aliphatic rings. The number of nitrogens with one attached hydrogen (secondary N) is 2. The number of benzene rings is 3. The first kappa shape index (κ1) is 21.4. The van der Waals surface area contributed by atoms with Gasteiger partial charge in [0, 0.05) is 24.8 Å². The quantitative estimate of drug-likeness (QED) is 0.548. The van der Waals surface area contributed by atoms with Crippen molar-refractivity contribution < 1.29 is 19.1 Å². The van der Waals surface area contributed by atoms with Crippen molar-refractivity contribution in [1.82, 2.24) is 10.2 Å². The van der Waals surface area contributed by atoms with Gasteiger partial charge in [-0.2, -0.15) is 0 Å². The molecule has 1 unspecified atom stereocenters. The van der Waals surface area contributed by atoms with Crippen LogP contribution in [0.5, 0.6) is 11.5 Å². The Balaban J connectivity index is 1.27. The standard InChI is InChI=1S/C25H25N3O4/c1-31-24(29)23(18-8-4-2-5-9-18)26-20-16-28(17-20)25(30)27-19-12-14-22(15-13-19)32-21-10-6-3-7-11-21/h2-15,20,23,26H,16-17H2,1H3,(H,27,30). The van der Waals surface area contributed by atoms with Crippen LogP contribution in [0.1, 0.15) is 11.6 Å². The molecule has 32 heavy (non-hydrogen) atoms. The molecule has 1 fully saturated rings. The minimum Gasteiger partial charge on any atom is -0.468 e. The zero-order valence-electron chi connectivity index (χ0n) is 17.7. The van der Waals surface area contributed by atoms with Gasteiger partial charge in [0.1, 0.15) is 17.5 Å². The highest BCUT2D eigenvalue weighted by atomic mass is 16.5. The average molecular weight is 431 g/mol. The lowest BCUT2D eigenvalue weighted by Crippen LogP contribution is -2.61. The smallest absolute Gasteiger partial charge is 0.327 e. The molecule has 7 heteroatoms. The molecule has 1 heterocycles. The van der Waals surface area contributed by atoms with E-state index in [-0.39, 0.29) is 18.0 Å². The number of nitrogens with zero attached hydrogens (tertiary/aromatic N) is 1. The normalized spacial score (nSPS) is 14.2. The van der Waals surface area contributed by atoms with Crippen molar-refractivity contribution >= 4 is 17.7 Å². The van der Waals surface area contributed by atoms with Crippen LogP contribution in [0.15, 0.2) is 84.9 Å². The van der Waals surface area contributed by atoms with Crippen LogP contribution >= 0.6 is 0 Å². The molecular formula is C25H25N3O4. The van der Waals surface area contributed by atoms with Crippen molar-refractivity contribution in [3.63, 3.8) is 0 Å². The number of amides is 2. The second-order valence-corrected chi connectivity index (χ2v) is 7.51. The Labute approximate surface area is 187 Å². The van der Waals surface area contributed by atoms with E-state index >= 15 is 0 Å². The minimum atomic E-state index is -0.562. The van der Waals surface area contributed by atoms with E-state index in [1.54, 1.807) is 17.0 Å². The van der Waals surface area contributed by atoms with Gasteiger partial charge in [0.05, 0.1) is 7.11 Å². The molecule has 0 saturated carbocycles. The summed E-state index contributed by atoms with van der Waals surface area (Å²) < 4.78 is 10.7. The minimum absolute atomic E-state index is 0.00621. The van der Waals surface area contributed by atoms with Crippen molar-refractivity contribution in [3.05, 3.63) is 90.5 Å². The lowest BCUT2D eigenvalue weighted by molar-refractivity contribution is -0.143. The number of ether oxygens (including phenoxy) is 2. The van der Waals surface area contributed by atoms with Crippen LogP contribution in [-0.4, -0.2) is 43.1 Å². The Morgan fingerprint density at radius 3 is 2.09 bits per heavy atom. The molecule has 3 aromatic rings. The summed E-state index contributed by atoms with van der Waals surface area (Å²) in [6.07, 6.45) is 0. The van der Waals surface area contributed by atoms with E-state index in [0.29, 0.717) is 24.5 Å². The maximum Gasteiger partial charge on any atom is 0.327 e. The molecular weight excluding hydrogens is 406 g/mol. The molecule has 0 bridgehead atoms. The number of likely N-dealkylation sites (tertiary alicyclic amines) is 1. The molecule has 0 aliphatic carbocycles. The molecule has 0 aromatic heterocycles. The van der Waals surface area contributed by atoms with E-state index in [4.69, 9.17) is 9.47 Å². The molecule has 4 rings (SSSR count). The van der Waals surface area contributed by atoms with Gasteiger partial charge >= 0.3 is 12.0 Å². The van der Waals surface area contributed by atoms with Crippen LogP contribution in [-0.2, 0) is 9.53 Å². The van der Waals surface area contributed by atoms with Crippen molar-refractivity contribution in [2.75, 3.05) is 25.5 Å². The Hall–Kier alpha value is -3.84. The van der Waals surface area contributed by atoms with Crippen LogP contribution in [0.2, 0.25) is 0 Å². The van der Waals surface area contributed by atoms with Crippen molar-refractivity contribution in [2.45, 2.75) is 12.1 Å². The monoisotopic (exact) mass is 431 g/mol. The second-order valence-electron chi connectivity index (χ2n) is 7.51. The van der Waals surface area contributed by atoms with Crippen molar-refractivity contribution in [1.29, 1.82) is 0 Å². The lowest BCUT2D eigenvalue weighted by atomic mass is 10.0. The van der Waals surface area contributed by atoms with E-state index in [0.717, 1.165) is 11.3 Å². The molecule has 2 N–H and O–H groups in total. The zero-order chi connectivity index (χ0) is 22.3. The van der Waals surface area contributed by atoms with Gasteiger partial charge in [0.2, 0.25) is 0 Å². The third-order valence-electron chi connectivity index (χ3n) is 5.23. The third kappa shape index (κ3) is 5.25. The molecule has 0 radical (unpaired) electrons. The van der Waals surface area contributed by atoms with E-state index in [9.17, 15) is 9.59 Å². The topological polar surface area (TPSA) is 79.9 Å². The number of anilines is 1. The number of carbonyl (C=O) groups is 2. The van der Waals surface area contributed by atoms with E-state index in [1.165, 1.54) is 7.11 Å². The van der Waals surface area contributed by atoms with Gasteiger partial charge < -0.3 is 19.7 Å². The highest BCUT2D eigenvalue weighted by Gasteiger charge is 2.34. The summed E-state index contributed by atoms with van der Waals surface area (Å²) in [7, 11) is 1.37. The zero-order valence-corrected chi connectivity index (χ0v) is 17.7. The summed E-state index contributed by atoms with van der Waals surface area (Å²) in [5.74, 6) is 1.10. The second kappa shape index (κ2) is 9.98. The van der Waals surface area contributed by atoms with Crippen LogP contribution in [0.3, 0.4) is 0 Å². The first-order valence-corrected chi connectivity index (χ1v) is 10.4. The van der Waals surface area contributed by atoms with E-state index < -0.39 is 6.04 Å². The van der Waals surface area contributed by atoms with Gasteiger partial charge in [0.25, 0.3) is 0 Å². The number of para-hydroxylation sites is 1. The molecule has 1 saturated heterocycles. The fraction of sp³-hybridized carbons (Fsp3) is 0.200. The number of hydrogen-bond acceptors (Lipinski definition) is 5. The van der Waals surface area contributed by atoms with Crippen molar-refractivity contribution in [2.24, 2.45) is 0 Å². The molecule has 1 aliphatic heterocycles. The van der Waals surface area contributed by atoms with E-state index in [2.05, 4.69) is 10.6 Å². The van der Waals surface area contributed by atoms with Gasteiger partial charge in [0.15, 0.2) is 0 Å². The number of rotatable bonds is 7. The fourth-order valence-corrected chi connectivity index (χ4v) is 3.48. The molecule has 0 spiro atoms. The number of carbonyl (C=O) groups excluding carboxylic acids is 2. The van der Waals surface area contributed by atoms with Gasteiger partial charge in [-0.1, -0.05) is 48.5 Å². The van der Waals surface area contributed by atoms with Crippen LogP contribution in [0, 0.1) is 0 Å². The van der Waals surface area contributed by atoms with Gasteiger partial charge in [-0.05, 0) is 42.0 Å². The summed E-state index contributed by atoms with van der Waals surface area (Å²) in [4.78, 5) is 26.4. The summed E-state index contributed by atoms with van der Waals surface area (Å²) in [6.45, 7) is 1.00. The maximum atomic E-state index is 12.5. The van der Waals surface area contributed by atoms with E-state index in [1.807, 2.05) is 72.8 Å². The molecule has 164 valence electrons. The predicted molar refractivity (Wildman–Crippen MR) is 122 cm³/mol. The van der Waals surface area contributed by atoms with Crippen LogP contribution in [0.25, 0.3) is 0 Å². The number of urea groups is 1. The summed E-state index contributed by atoms with van der Waals surface area (Å²) in [5.41, 5.74) is 1.52. The number of esters is 1. The summed E-state index contributed by atoms with van der Waals surface area (Å²) in [6, 6.07) is 25.4. The Morgan fingerprint density at radius 1 is 0.875 bits per heavy atom. The summed E-state index contributed by atoms with van der Waals surface area (Å²) in [5, 5.41) is 6.17. The molecule has 1 atom stereocenters. The first-order valence-electron chi connectivity index (χ1n) is 10.4. The lowest BCUT2D eigenvalue weighted by Gasteiger charge is -2.41. The van der Waals surface area contributed by atoms with Gasteiger partial charge in [-0.3, -0.25) is 5.32 Å². The molecule has 3 aromatic carbocycles. The molecule has 2 amide bonds. The highest BCUT2D eigenvalue weighted by Crippen LogP contribution is 2.23. The number of hydrogen-bond donors (Lipinski definition) is 2. The first-order chi connectivity index (χ1) is 15.6. The Morgan fingerprint density at radius 2 is 1.47 bits per heavy atom.